The first kappa shape index (κ1) is 19.8. The summed E-state index contributed by atoms with van der Waals surface area (Å²) in [6, 6.07) is 7.08. The third-order valence-corrected chi connectivity index (χ3v) is 5.13. The van der Waals surface area contributed by atoms with Gasteiger partial charge in [0.05, 0.1) is 23.8 Å². The second kappa shape index (κ2) is 8.06. The first-order valence-electron chi connectivity index (χ1n) is 9.66. The number of rotatable bonds is 7. The van der Waals surface area contributed by atoms with Gasteiger partial charge < -0.3 is 5.32 Å². The highest BCUT2D eigenvalue weighted by atomic mass is 19.1. The van der Waals surface area contributed by atoms with Gasteiger partial charge in [0.25, 0.3) is 0 Å². The minimum Gasteiger partial charge on any atom is -0.325 e. The fourth-order valence-electron chi connectivity index (χ4n) is 3.16. The lowest BCUT2D eigenvalue weighted by Crippen LogP contribution is -2.14. The second-order valence-corrected chi connectivity index (χ2v) is 7.47. The summed E-state index contributed by atoms with van der Waals surface area (Å²) in [5.74, 6) is -0.242. The molecule has 1 aliphatic carbocycles. The number of anilines is 1. The van der Waals surface area contributed by atoms with Crippen molar-refractivity contribution in [1.82, 2.24) is 20.2 Å². The van der Waals surface area contributed by atoms with Gasteiger partial charge in [-0.25, -0.2) is 4.39 Å². The molecule has 0 aliphatic heterocycles. The van der Waals surface area contributed by atoms with Gasteiger partial charge >= 0.3 is 0 Å². The first-order chi connectivity index (χ1) is 14.5. The molecule has 30 heavy (non-hydrogen) atoms. The Bertz CT molecular complexity index is 1110. The van der Waals surface area contributed by atoms with Crippen molar-refractivity contribution in [2.45, 2.75) is 38.3 Å². The van der Waals surface area contributed by atoms with Crippen LogP contribution in [-0.4, -0.2) is 38.0 Å². The molecule has 4 rings (SSSR count). The Morgan fingerprint density at radius 2 is 2.03 bits per heavy atom. The predicted molar refractivity (Wildman–Crippen MR) is 110 cm³/mol. The molecule has 0 saturated heterocycles. The third-order valence-electron chi connectivity index (χ3n) is 5.13. The Hall–Kier alpha value is -3.55. The van der Waals surface area contributed by atoms with E-state index in [1.54, 1.807) is 36.8 Å². The van der Waals surface area contributed by atoms with Crippen LogP contribution < -0.4 is 5.32 Å². The zero-order valence-corrected chi connectivity index (χ0v) is 16.4. The summed E-state index contributed by atoms with van der Waals surface area (Å²) in [6.07, 6.45) is 6.87. The lowest BCUT2D eigenvalue weighted by atomic mass is 10.0. The number of aldehydes is 1. The number of hydrogen-bond acceptors (Lipinski definition) is 6. The van der Waals surface area contributed by atoms with Crippen LogP contribution in [0.5, 0.6) is 0 Å². The zero-order chi connectivity index (χ0) is 21.1. The van der Waals surface area contributed by atoms with E-state index in [0.29, 0.717) is 36.2 Å². The van der Waals surface area contributed by atoms with Crippen molar-refractivity contribution in [1.29, 1.82) is 0 Å². The molecule has 0 unspecified atom stereocenters. The van der Waals surface area contributed by atoms with Crippen molar-refractivity contribution < 1.29 is 14.0 Å². The van der Waals surface area contributed by atoms with Gasteiger partial charge in [-0.1, -0.05) is 0 Å². The molecule has 152 valence electrons. The molecule has 3 aromatic heterocycles. The highest BCUT2D eigenvalue weighted by molar-refractivity contribution is 5.91. The van der Waals surface area contributed by atoms with E-state index < -0.39 is 5.67 Å². The molecule has 0 bridgehead atoms. The highest BCUT2D eigenvalue weighted by Crippen LogP contribution is 2.43. The second-order valence-electron chi connectivity index (χ2n) is 7.47. The summed E-state index contributed by atoms with van der Waals surface area (Å²) < 4.78 is 13.7. The van der Waals surface area contributed by atoms with Gasteiger partial charge in [-0.3, -0.25) is 19.6 Å². The van der Waals surface area contributed by atoms with E-state index in [1.165, 1.54) is 0 Å². The van der Waals surface area contributed by atoms with Crippen molar-refractivity contribution in [3.63, 3.8) is 0 Å². The predicted octanol–water partition coefficient (Wildman–Crippen LogP) is 3.94. The number of aryl methyl sites for hydroxylation is 1. The van der Waals surface area contributed by atoms with Crippen LogP contribution in [-0.2, 0) is 4.79 Å². The molecule has 1 N–H and O–H groups in total. The minimum absolute atomic E-state index is 0.135. The van der Waals surface area contributed by atoms with Crippen LogP contribution in [0.2, 0.25) is 0 Å². The maximum Gasteiger partial charge on any atom is 0.224 e. The Morgan fingerprint density at radius 3 is 2.80 bits per heavy atom. The number of halogens is 1. The normalized spacial score (nSPS) is 14.2. The van der Waals surface area contributed by atoms with Crippen LogP contribution in [0.25, 0.3) is 22.4 Å². The number of carbonyl (C=O) groups excluding carboxylic acids is 2. The average molecular weight is 405 g/mol. The first-order valence-corrected chi connectivity index (χ1v) is 9.66. The molecule has 0 aromatic carbocycles. The number of amides is 1. The molecule has 1 amide bonds. The standard InChI is InChI=1S/C22H20FN5O2/c1-14-19(10-17(12-25-14)27-21(30)2-4-22(23)5-6-22)20-9-16(11-26-28-20)15-3-7-24-18(8-15)13-29/h3,7-13H,2,4-6H2,1H3,(H,27,30). The summed E-state index contributed by atoms with van der Waals surface area (Å²) in [6.45, 7) is 1.84. The Balaban J connectivity index is 1.56. The van der Waals surface area contributed by atoms with Crippen molar-refractivity contribution in [3.05, 3.63) is 54.2 Å². The molecule has 1 fully saturated rings. The van der Waals surface area contributed by atoms with E-state index in [0.717, 1.165) is 22.4 Å². The lowest BCUT2D eigenvalue weighted by molar-refractivity contribution is -0.116. The van der Waals surface area contributed by atoms with E-state index in [9.17, 15) is 14.0 Å². The van der Waals surface area contributed by atoms with Crippen molar-refractivity contribution in [2.75, 3.05) is 5.32 Å². The number of alkyl halides is 1. The quantitative estimate of drug-likeness (QED) is 0.598. The number of aromatic nitrogens is 4. The van der Waals surface area contributed by atoms with Gasteiger partial charge in [0.1, 0.15) is 11.4 Å². The van der Waals surface area contributed by atoms with Crippen LogP contribution in [0.3, 0.4) is 0 Å². The summed E-state index contributed by atoms with van der Waals surface area (Å²) in [5.41, 5.74) is 3.29. The summed E-state index contributed by atoms with van der Waals surface area (Å²) in [5, 5.41) is 11.0. The van der Waals surface area contributed by atoms with Crippen LogP contribution in [0.15, 0.2) is 42.9 Å². The monoisotopic (exact) mass is 405 g/mol. The molecule has 8 heteroatoms. The Kier molecular flexibility index (Phi) is 5.31. The Labute approximate surface area is 172 Å². The number of nitrogens with one attached hydrogen (secondary N) is 1. The SMILES string of the molecule is Cc1ncc(NC(=O)CCC2(F)CC2)cc1-c1cc(-c2ccnc(C=O)c2)cnn1. The van der Waals surface area contributed by atoms with Crippen LogP contribution in [0, 0.1) is 6.92 Å². The molecular formula is C22H20FN5O2. The molecule has 0 radical (unpaired) electrons. The van der Waals surface area contributed by atoms with Gasteiger partial charge in [0, 0.05) is 29.4 Å². The van der Waals surface area contributed by atoms with E-state index in [1.807, 2.05) is 13.0 Å². The largest absolute Gasteiger partial charge is 0.325 e. The van der Waals surface area contributed by atoms with E-state index >= 15 is 0 Å². The van der Waals surface area contributed by atoms with Gasteiger partial charge in [-0.05, 0) is 56.0 Å². The minimum atomic E-state index is -1.15. The number of nitrogens with zero attached hydrogens (tertiary/aromatic N) is 4. The van der Waals surface area contributed by atoms with Gasteiger partial charge in [0.2, 0.25) is 5.91 Å². The molecule has 0 atom stereocenters. The number of hydrogen-bond donors (Lipinski definition) is 1. The summed E-state index contributed by atoms with van der Waals surface area (Å²) in [7, 11) is 0. The van der Waals surface area contributed by atoms with Gasteiger partial charge in [0.15, 0.2) is 6.29 Å². The van der Waals surface area contributed by atoms with E-state index in [4.69, 9.17) is 0 Å². The van der Waals surface area contributed by atoms with Gasteiger partial charge in [-0.15, -0.1) is 0 Å². The molecule has 0 spiro atoms. The molecule has 1 saturated carbocycles. The number of carbonyl (C=O) groups is 2. The molecular weight excluding hydrogens is 385 g/mol. The molecule has 1 aliphatic rings. The fraction of sp³-hybridized carbons (Fsp3) is 0.273. The van der Waals surface area contributed by atoms with Crippen LogP contribution in [0.4, 0.5) is 10.1 Å². The maximum atomic E-state index is 13.7. The highest BCUT2D eigenvalue weighted by Gasteiger charge is 2.42. The molecule has 7 nitrogen and oxygen atoms in total. The van der Waals surface area contributed by atoms with E-state index in [2.05, 4.69) is 25.5 Å². The molecule has 3 heterocycles. The smallest absolute Gasteiger partial charge is 0.224 e. The topological polar surface area (TPSA) is 97.7 Å². The summed E-state index contributed by atoms with van der Waals surface area (Å²) >= 11 is 0. The lowest BCUT2D eigenvalue weighted by Gasteiger charge is -2.10. The number of pyridine rings is 2. The van der Waals surface area contributed by atoms with Crippen molar-refractivity contribution in [3.8, 4) is 22.4 Å². The fourth-order valence-corrected chi connectivity index (χ4v) is 3.16. The van der Waals surface area contributed by atoms with Gasteiger partial charge in [-0.2, -0.15) is 10.2 Å². The summed E-state index contributed by atoms with van der Waals surface area (Å²) in [4.78, 5) is 31.5. The van der Waals surface area contributed by atoms with Crippen LogP contribution >= 0.6 is 0 Å². The maximum absolute atomic E-state index is 13.7. The zero-order valence-electron chi connectivity index (χ0n) is 16.4. The third kappa shape index (κ3) is 4.53. The average Bonchev–Trinajstić information content (AvgIpc) is 3.51. The van der Waals surface area contributed by atoms with Crippen molar-refractivity contribution >= 4 is 17.9 Å². The Morgan fingerprint density at radius 1 is 1.20 bits per heavy atom. The molecule has 3 aromatic rings. The van der Waals surface area contributed by atoms with E-state index in [-0.39, 0.29) is 18.7 Å². The van der Waals surface area contributed by atoms with Crippen molar-refractivity contribution in [2.24, 2.45) is 0 Å². The van der Waals surface area contributed by atoms with Crippen LogP contribution in [0.1, 0.15) is 41.9 Å².